The van der Waals surface area contributed by atoms with Crippen molar-refractivity contribution in [3.8, 4) is 0 Å². The number of furan rings is 1. The van der Waals surface area contributed by atoms with E-state index in [0.717, 1.165) is 5.56 Å². The van der Waals surface area contributed by atoms with Crippen LogP contribution in [-0.4, -0.2) is 37.3 Å². The maximum atomic E-state index is 13.4. The molecule has 1 aromatic heterocycles. The molecule has 9 nitrogen and oxygen atoms in total. The van der Waals surface area contributed by atoms with E-state index < -0.39 is 21.8 Å². The van der Waals surface area contributed by atoms with Crippen LogP contribution in [-0.2, 0) is 32.7 Å². The number of halogens is 2. The van der Waals surface area contributed by atoms with E-state index in [0.29, 0.717) is 22.4 Å². The Labute approximate surface area is 225 Å². The monoisotopic (exact) mass is 564 g/mol. The van der Waals surface area contributed by atoms with Crippen molar-refractivity contribution >= 4 is 51.3 Å². The van der Waals surface area contributed by atoms with Crippen LogP contribution in [0.2, 0.25) is 10.0 Å². The minimum Gasteiger partial charge on any atom is -0.459 e. The van der Waals surface area contributed by atoms with E-state index in [2.05, 4.69) is 15.8 Å². The highest BCUT2D eigenvalue weighted by Gasteiger charge is 2.26. The average molecular weight is 565 g/mol. The molecule has 12 heteroatoms. The second-order valence-corrected chi connectivity index (χ2v) is 11.3. The van der Waals surface area contributed by atoms with Crippen LogP contribution in [0.1, 0.15) is 30.9 Å². The van der Waals surface area contributed by atoms with Crippen molar-refractivity contribution in [2.45, 2.75) is 31.8 Å². The number of hydrazone groups is 1. The van der Waals surface area contributed by atoms with E-state index in [1.807, 2.05) is 13.8 Å². The Morgan fingerprint density at radius 2 is 1.57 bits per heavy atom. The number of hydrogen-bond donors (Lipinski definition) is 2. The van der Waals surface area contributed by atoms with Crippen LogP contribution in [0.25, 0.3) is 0 Å². The van der Waals surface area contributed by atoms with Gasteiger partial charge in [0.15, 0.2) is 0 Å². The summed E-state index contributed by atoms with van der Waals surface area (Å²) in [5, 5.41) is 7.17. The number of amides is 2. The summed E-state index contributed by atoms with van der Waals surface area (Å²) in [6, 6.07) is 15.9. The molecule has 0 unspecified atom stereocenters. The average Bonchev–Trinajstić information content (AvgIpc) is 3.30. The third kappa shape index (κ3) is 8.43. The molecule has 3 rings (SSSR count). The van der Waals surface area contributed by atoms with Gasteiger partial charge in [-0.2, -0.15) is 9.41 Å². The molecule has 0 aliphatic rings. The molecule has 0 saturated heterocycles. The third-order valence-electron chi connectivity index (χ3n) is 4.97. The van der Waals surface area contributed by atoms with Crippen molar-refractivity contribution in [1.82, 2.24) is 15.0 Å². The fraction of sp³-hybridized carbons (Fsp3) is 0.240. The lowest BCUT2D eigenvalue weighted by molar-refractivity contribution is -0.139. The van der Waals surface area contributed by atoms with E-state index in [1.54, 1.807) is 36.4 Å². The summed E-state index contributed by atoms with van der Waals surface area (Å²) in [6.07, 6.45) is 1.22. The third-order valence-corrected chi connectivity index (χ3v) is 7.28. The molecule has 2 aromatic carbocycles. The summed E-state index contributed by atoms with van der Waals surface area (Å²) in [5.74, 6) is -0.908. The van der Waals surface area contributed by atoms with E-state index in [-0.39, 0.29) is 29.7 Å². The Kier molecular flexibility index (Phi) is 9.87. The number of nitrogens with zero attached hydrogens (tertiary/aromatic N) is 2. The molecule has 37 heavy (non-hydrogen) atoms. The topological polar surface area (TPSA) is 121 Å². The van der Waals surface area contributed by atoms with E-state index in [1.165, 1.54) is 34.8 Å². The summed E-state index contributed by atoms with van der Waals surface area (Å²) in [6.45, 7) is 4.16. The molecule has 0 aliphatic heterocycles. The van der Waals surface area contributed by atoms with Gasteiger partial charge < -0.3 is 9.73 Å². The fourth-order valence-electron chi connectivity index (χ4n) is 3.08. The molecular formula is C25H26Cl2N4O5S. The zero-order valence-electron chi connectivity index (χ0n) is 20.1. The smallest absolute Gasteiger partial charge is 0.329 e. The summed E-state index contributed by atoms with van der Waals surface area (Å²) in [5.41, 5.74) is 2.85. The largest absolute Gasteiger partial charge is 0.459 e. The SMILES string of the molecule is CC(C)CNC(=O)C(=O)N/N=C/c1ccc(CN(Cc2ccc(Cl)cc2)S(=O)(=O)c2ccc(Cl)cc2)o1. The lowest BCUT2D eigenvalue weighted by Crippen LogP contribution is -2.39. The molecule has 3 aromatic rings. The molecule has 2 amide bonds. The number of benzene rings is 2. The van der Waals surface area contributed by atoms with Gasteiger partial charge in [0.25, 0.3) is 0 Å². The van der Waals surface area contributed by atoms with Gasteiger partial charge in [-0.05, 0) is 60.0 Å². The van der Waals surface area contributed by atoms with Gasteiger partial charge in [0.1, 0.15) is 11.5 Å². The lowest BCUT2D eigenvalue weighted by Gasteiger charge is -2.21. The molecule has 0 bridgehead atoms. The second-order valence-electron chi connectivity index (χ2n) is 8.46. The maximum absolute atomic E-state index is 13.4. The highest BCUT2D eigenvalue weighted by atomic mass is 35.5. The van der Waals surface area contributed by atoms with Gasteiger partial charge in [-0.1, -0.05) is 49.2 Å². The van der Waals surface area contributed by atoms with Crippen LogP contribution in [0, 0.1) is 5.92 Å². The lowest BCUT2D eigenvalue weighted by atomic mass is 10.2. The minimum absolute atomic E-state index is 0.0633. The molecule has 0 atom stereocenters. The van der Waals surface area contributed by atoms with Gasteiger partial charge >= 0.3 is 11.8 Å². The quantitative estimate of drug-likeness (QED) is 0.217. The van der Waals surface area contributed by atoms with Gasteiger partial charge in [-0.25, -0.2) is 13.8 Å². The number of hydrogen-bond acceptors (Lipinski definition) is 6. The summed E-state index contributed by atoms with van der Waals surface area (Å²) >= 11 is 11.9. The maximum Gasteiger partial charge on any atom is 0.329 e. The molecule has 0 fully saturated rings. The standard InChI is InChI=1S/C25H26Cl2N4O5S/c1-17(2)13-28-24(32)25(33)30-29-14-21-9-10-22(36-21)16-31(15-18-3-5-19(26)6-4-18)37(34,35)23-11-7-20(27)8-12-23/h3-12,14,17H,13,15-16H2,1-2H3,(H,28,32)(H,30,33)/b29-14+. The molecule has 0 aliphatic carbocycles. The zero-order chi connectivity index (χ0) is 27.0. The fourth-order valence-corrected chi connectivity index (χ4v) is 4.73. The first-order chi connectivity index (χ1) is 17.5. The highest BCUT2D eigenvalue weighted by Crippen LogP contribution is 2.24. The molecule has 0 radical (unpaired) electrons. The van der Waals surface area contributed by atoms with E-state index in [9.17, 15) is 18.0 Å². The minimum atomic E-state index is -3.92. The molecule has 0 spiro atoms. The molecular weight excluding hydrogens is 539 g/mol. The predicted molar refractivity (Wildman–Crippen MR) is 142 cm³/mol. The Morgan fingerprint density at radius 3 is 2.19 bits per heavy atom. The second kappa shape index (κ2) is 12.9. The Bertz CT molecular complexity index is 1350. The zero-order valence-corrected chi connectivity index (χ0v) is 22.5. The van der Waals surface area contributed by atoms with Crippen LogP contribution in [0.3, 0.4) is 0 Å². The molecule has 1 heterocycles. The first-order valence-corrected chi connectivity index (χ1v) is 13.4. The van der Waals surface area contributed by atoms with Crippen molar-refractivity contribution < 1.29 is 22.4 Å². The first kappa shape index (κ1) is 28.4. The van der Waals surface area contributed by atoms with Gasteiger partial charge in [0, 0.05) is 23.1 Å². The Balaban J connectivity index is 1.74. The first-order valence-electron chi connectivity index (χ1n) is 11.2. The van der Waals surface area contributed by atoms with Crippen molar-refractivity contribution in [3.63, 3.8) is 0 Å². The summed E-state index contributed by atoms with van der Waals surface area (Å²) in [4.78, 5) is 23.6. The number of rotatable bonds is 10. The normalized spacial score (nSPS) is 11.8. The van der Waals surface area contributed by atoms with Crippen LogP contribution < -0.4 is 10.7 Å². The predicted octanol–water partition coefficient (Wildman–Crippen LogP) is 4.20. The van der Waals surface area contributed by atoms with Crippen molar-refractivity contribution in [1.29, 1.82) is 0 Å². The number of nitrogens with one attached hydrogen (secondary N) is 2. The Morgan fingerprint density at radius 1 is 0.946 bits per heavy atom. The molecule has 2 N–H and O–H groups in total. The summed E-state index contributed by atoms with van der Waals surface area (Å²) in [7, 11) is -3.92. The summed E-state index contributed by atoms with van der Waals surface area (Å²) < 4.78 is 33.8. The van der Waals surface area contributed by atoms with Crippen molar-refractivity contribution in [3.05, 3.63) is 87.8 Å². The van der Waals surface area contributed by atoms with Gasteiger partial charge in [0.2, 0.25) is 10.0 Å². The van der Waals surface area contributed by atoms with Crippen molar-refractivity contribution in [2.75, 3.05) is 6.54 Å². The van der Waals surface area contributed by atoms with Gasteiger partial charge in [-0.15, -0.1) is 0 Å². The highest BCUT2D eigenvalue weighted by molar-refractivity contribution is 7.89. The number of carbonyl (C=O) groups is 2. The Hall–Kier alpha value is -3.18. The van der Waals surface area contributed by atoms with Crippen LogP contribution in [0.4, 0.5) is 0 Å². The number of sulfonamides is 1. The van der Waals surface area contributed by atoms with Gasteiger partial charge in [0.05, 0.1) is 17.7 Å². The van der Waals surface area contributed by atoms with E-state index >= 15 is 0 Å². The van der Waals surface area contributed by atoms with Crippen molar-refractivity contribution in [2.24, 2.45) is 11.0 Å². The van der Waals surface area contributed by atoms with E-state index in [4.69, 9.17) is 27.6 Å². The molecule has 196 valence electrons. The van der Waals surface area contributed by atoms with Crippen LogP contribution in [0.5, 0.6) is 0 Å². The van der Waals surface area contributed by atoms with Crippen LogP contribution >= 0.6 is 23.2 Å². The van der Waals surface area contributed by atoms with Gasteiger partial charge in [-0.3, -0.25) is 9.59 Å². The number of carbonyl (C=O) groups excluding carboxylic acids is 2. The van der Waals surface area contributed by atoms with Crippen LogP contribution in [0.15, 0.2) is 75.1 Å². The molecule has 0 saturated carbocycles.